The van der Waals surface area contributed by atoms with Crippen LogP contribution >= 0.6 is 0 Å². The highest BCUT2D eigenvalue weighted by atomic mass is 32.2. The van der Waals surface area contributed by atoms with Crippen LogP contribution in [-0.4, -0.2) is 13.0 Å². The first kappa shape index (κ1) is 20.1. The first-order valence-corrected chi connectivity index (χ1v) is 13.8. The fraction of sp³-hybridized carbons (Fsp3) is 0.0625. The highest BCUT2D eigenvalue weighted by molar-refractivity contribution is 7.92. The van der Waals surface area contributed by atoms with Gasteiger partial charge in [-0.2, -0.15) is 0 Å². The van der Waals surface area contributed by atoms with Crippen LogP contribution in [0.25, 0.3) is 60.7 Å². The van der Waals surface area contributed by atoms with Gasteiger partial charge in [-0.1, -0.05) is 85.8 Å². The second-order valence-corrected chi connectivity index (χ2v) is 11.5. The zero-order valence-electron chi connectivity index (χ0n) is 19.6. The summed E-state index contributed by atoms with van der Waals surface area (Å²) in [7, 11) is -3.65. The van der Waals surface area contributed by atoms with E-state index in [0.29, 0.717) is 9.79 Å². The number of rotatable bonds is 2. The van der Waals surface area contributed by atoms with Crippen molar-refractivity contribution in [3.8, 4) is 39.1 Å². The lowest BCUT2D eigenvalue weighted by Gasteiger charge is -2.25. The SMILES string of the molecule is CCc1cc2cccc3c2n1-c1c(-c2ccc4c5c(cccc25)-c2ccccc2-4)cccc1S3(=O)=O. The van der Waals surface area contributed by atoms with Crippen LogP contribution in [-0.2, 0) is 16.3 Å². The van der Waals surface area contributed by atoms with E-state index >= 15 is 0 Å². The lowest BCUT2D eigenvalue weighted by atomic mass is 9.93. The molecule has 0 N–H and O–H groups in total. The van der Waals surface area contributed by atoms with Crippen molar-refractivity contribution < 1.29 is 8.42 Å². The first-order chi connectivity index (χ1) is 17.6. The highest BCUT2D eigenvalue weighted by Gasteiger charge is 2.34. The van der Waals surface area contributed by atoms with Crippen molar-refractivity contribution in [3.63, 3.8) is 0 Å². The molecule has 2 aliphatic rings. The maximum absolute atomic E-state index is 13.9. The Balaban J connectivity index is 1.52. The summed E-state index contributed by atoms with van der Waals surface area (Å²) in [4.78, 5) is 0.762. The molecule has 0 fully saturated rings. The second kappa shape index (κ2) is 6.74. The van der Waals surface area contributed by atoms with Crippen LogP contribution in [0.2, 0.25) is 0 Å². The van der Waals surface area contributed by atoms with Crippen molar-refractivity contribution in [1.82, 2.24) is 4.57 Å². The quantitative estimate of drug-likeness (QED) is 0.252. The van der Waals surface area contributed by atoms with E-state index in [9.17, 15) is 8.42 Å². The fourth-order valence-corrected chi connectivity index (χ4v) is 8.04. The summed E-state index contributed by atoms with van der Waals surface area (Å²) < 4.78 is 29.9. The Morgan fingerprint density at radius 3 is 2.08 bits per heavy atom. The van der Waals surface area contributed by atoms with Gasteiger partial charge in [0.2, 0.25) is 9.84 Å². The minimum absolute atomic E-state index is 0.373. The van der Waals surface area contributed by atoms with Gasteiger partial charge in [0.05, 0.1) is 21.0 Å². The predicted octanol–water partition coefficient (Wildman–Crippen LogP) is 7.81. The molecule has 0 saturated carbocycles. The first-order valence-electron chi connectivity index (χ1n) is 12.3. The Bertz CT molecular complexity index is 2020. The molecule has 1 aliphatic heterocycles. The molecular weight excluding hydrogens is 462 g/mol. The molecule has 0 unspecified atom stereocenters. The van der Waals surface area contributed by atoms with Crippen molar-refractivity contribution in [2.75, 3.05) is 0 Å². The van der Waals surface area contributed by atoms with Crippen LogP contribution in [0.1, 0.15) is 12.6 Å². The Labute approximate surface area is 209 Å². The Morgan fingerprint density at radius 1 is 0.639 bits per heavy atom. The van der Waals surface area contributed by atoms with Crippen molar-refractivity contribution in [1.29, 1.82) is 0 Å². The maximum Gasteiger partial charge on any atom is 0.210 e. The van der Waals surface area contributed by atoms with Crippen LogP contribution in [0, 0.1) is 0 Å². The van der Waals surface area contributed by atoms with Crippen LogP contribution in [0.5, 0.6) is 0 Å². The van der Waals surface area contributed by atoms with Crippen molar-refractivity contribution in [2.24, 2.45) is 0 Å². The van der Waals surface area contributed by atoms with Gasteiger partial charge in [-0.05, 0) is 63.2 Å². The molecule has 8 rings (SSSR count). The molecule has 2 heterocycles. The van der Waals surface area contributed by atoms with Gasteiger partial charge in [-0.25, -0.2) is 8.42 Å². The third-order valence-electron chi connectivity index (χ3n) is 7.87. The number of fused-ring (bicyclic) bond motifs is 5. The van der Waals surface area contributed by atoms with E-state index in [1.165, 1.54) is 27.6 Å². The van der Waals surface area contributed by atoms with Crippen molar-refractivity contribution >= 4 is 31.5 Å². The number of aryl methyl sites for hydroxylation is 1. The largest absolute Gasteiger partial charge is 0.310 e. The lowest BCUT2D eigenvalue weighted by molar-refractivity contribution is 0.594. The number of aromatic nitrogens is 1. The van der Waals surface area contributed by atoms with Gasteiger partial charge >= 0.3 is 0 Å². The summed E-state index contributed by atoms with van der Waals surface area (Å²) in [5.41, 5.74) is 9.63. The Kier molecular flexibility index (Phi) is 3.76. The molecular formula is C32H21NO2S. The molecule has 0 bridgehead atoms. The minimum atomic E-state index is -3.65. The molecule has 36 heavy (non-hydrogen) atoms. The number of nitrogens with zero attached hydrogens (tertiary/aromatic N) is 1. The topological polar surface area (TPSA) is 39.1 Å². The molecule has 6 aromatic rings. The Morgan fingerprint density at radius 2 is 1.28 bits per heavy atom. The van der Waals surface area contributed by atoms with Crippen LogP contribution in [0.4, 0.5) is 0 Å². The molecule has 172 valence electrons. The molecule has 4 heteroatoms. The van der Waals surface area contributed by atoms with Crippen LogP contribution in [0.3, 0.4) is 0 Å². The van der Waals surface area contributed by atoms with E-state index in [2.05, 4.69) is 78.2 Å². The average molecular weight is 484 g/mol. The van der Waals surface area contributed by atoms with E-state index < -0.39 is 9.84 Å². The van der Waals surface area contributed by atoms with Gasteiger partial charge in [0.15, 0.2) is 0 Å². The molecule has 3 nitrogen and oxygen atoms in total. The van der Waals surface area contributed by atoms with Gasteiger partial charge in [0.25, 0.3) is 0 Å². The molecule has 0 atom stereocenters. The summed E-state index contributed by atoms with van der Waals surface area (Å²) in [6.07, 6.45) is 0.807. The van der Waals surface area contributed by atoms with Crippen molar-refractivity contribution in [2.45, 2.75) is 23.1 Å². The molecule has 0 saturated heterocycles. The standard InChI is InChI=1S/C32H21NO2S/c1-2-20-18-19-8-5-14-28-31(19)33(20)32-27(13-7-15-29(32)36(28,34)35)23-16-17-26-22-10-4-3-9-21(22)24-11-6-12-25(23)30(24)26/h3-18H,2H2,1H3. The highest BCUT2D eigenvalue weighted by Crippen LogP contribution is 2.51. The minimum Gasteiger partial charge on any atom is -0.310 e. The molecule has 0 amide bonds. The molecule has 1 aliphatic carbocycles. The molecule has 0 spiro atoms. The van der Waals surface area contributed by atoms with E-state index in [0.717, 1.165) is 45.2 Å². The van der Waals surface area contributed by atoms with Crippen molar-refractivity contribution in [3.05, 3.63) is 103 Å². The van der Waals surface area contributed by atoms with E-state index in [1.807, 2.05) is 18.2 Å². The van der Waals surface area contributed by atoms with Gasteiger partial charge in [0.1, 0.15) is 0 Å². The van der Waals surface area contributed by atoms with E-state index in [-0.39, 0.29) is 0 Å². The maximum atomic E-state index is 13.9. The Hall–Kier alpha value is -4.15. The van der Waals surface area contributed by atoms with Gasteiger partial charge in [-0.15, -0.1) is 0 Å². The normalized spacial score (nSPS) is 14.2. The number of para-hydroxylation sites is 2. The summed E-state index contributed by atoms with van der Waals surface area (Å²) in [6, 6.07) is 32.8. The molecule has 1 aromatic heterocycles. The van der Waals surface area contributed by atoms with Crippen LogP contribution < -0.4 is 0 Å². The van der Waals surface area contributed by atoms with E-state index in [1.54, 1.807) is 12.1 Å². The number of hydrogen-bond acceptors (Lipinski definition) is 2. The van der Waals surface area contributed by atoms with Gasteiger partial charge in [0, 0.05) is 16.6 Å². The number of sulfone groups is 1. The fourth-order valence-electron chi connectivity index (χ4n) is 6.36. The van der Waals surface area contributed by atoms with Gasteiger partial charge < -0.3 is 4.57 Å². The average Bonchev–Trinajstić information content (AvgIpc) is 3.45. The van der Waals surface area contributed by atoms with E-state index in [4.69, 9.17) is 0 Å². The van der Waals surface area contributed by atoms with Gasteiger partial charge in [-0.3, -0.25) is 0 Å². The zero-order chi connectivity index (χ0) is 24.2. The summed E-state index contributed by atoms with van der Waals surface area (Å²) in [5.74, 6) is 0. The summed E-state index contributed by atoms with van der Waals surface area (Å²) in [5, 5.41) is 3.35. The second-order valence-electron chi connectivity index (χ2n) is 9.61. The zero-order valence-corrected chi connectivity index (χ0v) is 20.4. The summed E-state index contributed by atoms with van der Waals surface area (Å²) >= 11 is 0. The predicted molar refractivity (Wildman–Crippen MR) is 145 cm³/mol. The number of hydrogen-bond donors (Lipinski definition) is 0. The molecule has 0 radical (unpaired) electrons. The number of benzene rings is 5. The monoisotopic (exact) mass is 483 g/mol. The molecule has 5 aromatic carbocycles. The third-order valence-corrected chi connectivity index (χ3v) is 9.68. The van der Waals surface area contributed by atoms with Crippen LogP contribution in [0.15, 0.2) is 107 Å². The summed E-state index contributed by atoms with van der Waals surface area (Å²) in [6.45, 7) is 2.12. The third kappa shape index (κ3) is 2.30. The lowest BCUT2D eigenvalue weighted by Crippen LogP contribution is -2.16. The smallest absolute Gasteiger partial charge is 0.210 e.